The number of piperidine rings is 1. The molecule has 3 heteroatoms. The second-order valence-electron chi connectivity index (χ2n) is 3.85. The van der Waals surface area contributed by atoms with Gasteiger partial charge in [0.2, 0.25) is 0 Å². The molecule has 0 bridgehead atoms. The van der Waals surface area contributed by atoms with Crippen molar-refractivity contribution < 1.29 is 9.90 Å². The monoisotopic (exact) mass is 185 g/mol. The van der Waals surface area contributed by atoms with Crippen LogP contribution in [-0.4, -0.2) is 24.2 Å². The summed E-state index contributed by atoms with van der Waals surface area (Å²) in [4.78, 5) is 10.6. The number of rotatable bonds is 4. The van der Waals surface area contributed by atoms with E-state index in [1.807, 2.05) is 0 Å². The van der Waals surface area contributed by atoms with Crippen molar-refractivity contribution in [3.8, 4) is 0 Å². The Morgan fingerprint density at radius 2 is 2.15 bits per heavy atom. The summed E-state index contributed by atoms with van der Waals surface area (Å²) in [6, 6.07) is 0. The first-order valence-electron chi connectivity index (χ1n) is 5.16. The molecular formula is C10H19NO2. The van der Waals surface area contributed by atoms with Crippen LogP contribution in [0.3, 0.4) is 0 Å². The van der Waals surface area contributed by atoms with E-state index < -0.39 is 5.97 Å². The van der Waals surface area contributed by atoms with Crippen LogP contribution in [0.5, 0.6) is 0 Å². The van der Waals surface area contributed by atoms with E-state index in [1.54, 1.807) is 0 Å². The van der Waals surface area contributed by atoms with Gasteiger partial charge in [-0.25, -0.2) is 0 Å². The minimum Gasteiger partial charge on any atom is -0.481 e. The minimum atomic E-state index is -0.648. The maximum atomic E-state index is 10.6. The highest BCUT2D eigenvalue weighted by Crippen LogP contribution is 2.27. The number of carbonyl (C=O) groups is 1. The highest BCUT2D eigenvalue weighted by Gasteiger charge is 2.23. The highest BCUT2D eigenvalue weighted by atomic mass is 16.4. The average molecular weight is 185 g/mol. The van der Waals surface area contributed by atoms with Crippen molar-refractivity contribution in [2.75, 3.05) is 13.1 Å². The Hall–Kier alpha value is -0.570. The lowest BCUT2D eigenvalue weighted by molar-refractivity contribution is -0.138. The molecule has 0 aromatic rings. The van der Waals surface area contributed by atoms with Crippen LogP contribution < -0.4 is 5.32 Å². The molecule has 1 aliphatic heterocycles. The smallest absolute Gasteiger partial charge is 0.303 e. The summed E-state index contributed by atoms with van der Waals surface area (Å²) in [6.45, 7) is 4.21. The Kier molecular flexibility index (Phi) is 4.22. The van der Waals surface area contributed by atoms with Gasteiger partial charge in [0.25, 0.3) is 0 Å². The van der Waals surface area contributed by atoms with Gasteiger partial charge in [-0.1, -0.05) is 13.3 Å². The number of hydrogen-bond acceptors (Lipinski definition) is 2. The summed E-state index contributed by atoms with van der Waals surface area (Å²) >= 11 is 0. The van der Waals surface area contributed by atoms with Crippen molar-refractivity contribution in [3.05, 3.63) is 0 Å². The third-order valence-corrected chi connectivity index (χ3v) is 3.01. The first-order valence-corrected chi connectivity index (χ1v) is 5.16. The molecule has 76 valence electrons. The predicted molar refractivity (Wildman–Crippen MR) is 51.6 cm³/mol. The summed E-state index contributed by atoms with van der Waals surface area (Å²) in [7, 11) is 0. The SMILES string of the molecule is CC[C@@H](CC(=O)O)C1CCNCC1. The first kappa shape index (κ1) is 10.5. The molecule has 0 unspecified atom stereocenters. The highest BCUT2D eigenvalue weighted by molar-refractivity contribution is 5.67. The molecule has 1 aliphatic rings. The van der Waals surface area contributed by atoms with E-state index in [9.17, 15) is 4.79 Å². The van der Waals surface area contributed by atoms with Gasteiger partial charge in [-0.3, -0.25) is 4.79 Å². The van der Waals surface area contributed by atoms with Gasteiger partial charge in [0.1, 0.15) is 0 Å². The molecule has 1 fully saturated rings. The van der Waals surface area contributed by atoms with Crippen molar-refractivity contribution in [3.63, 3.8) is 0 Å². The van der Waals surface area contributed by atoms with Crippen LogP contribution in [0.4, 0.5) is 0 Å². The minimum absolute atomic E-state index is 0.348. The van der Waals surface area contributed by atoms with Crippen molar-refractivity contribution in [2.45, 2.75) is 32.6 Å². The number of carboxylic acids is 1. The molecule has 0 radical (unpaired) electrons. The van der Waals surface area contributed by atoms with Crippen LogP contribution in [0.15, 0.2) is 0 Å². The molecular weight excluding hydrogens is 166 g/mol. The molecule has 0 saturated carbocycles. The Morgan fingerprint density at radius 3 is 2.62 bits per heavy atom. The number of carboxylic acid groups (broad SMARTS) is 1. The molecule has 1 rings (SSSR count). The second kappa shape index (κ2) is 5.22. The van der Waals surface area contributed by atoms with Crippen molar-refractivity contribution >= 4 is 5.97 Å². The second-order valence-corrected chi connectivity index (χ2v) is 3.85. The van der Waals surface area contributed by atoms with Gasteiger partial charge in [0.05, 0.1) is 0 Å². The maximum absolute atomic E-state index is 10.6. The number of hydrogen-bond donors (Lipinski definition) is 2. The number of aliphatic carboxylic acids is 1. The van der Waals surface area contributed by atoms with E-state index >= 15 is 0 Å². The van der Waals surface area contributed by atoms with E-state index in [4.69, 9.17) is 5.11 Å². The summed E-state index contributed by atoms with van der Waals surface area (Å²) in [6.07, 6.45) is 3.63. The van der Waals surface area contributed by atoms with E-state index in [0.29, 0.717) is 18.3 Å². The molecule has 2 N–H and O–H groups in total. The van der Waals surface area contributed by atoms with E-state index in [0.717, 1.165) is 32.4 Å². The zero-order valence-corrected chi connectivity index (χ0v) is 8.25. The third kappa shape index (κ3) is 3.35. The van der Waals surface area contributed by atoms with E-state index in [1.165, 1.54) is 0 Å². The van der Waals surface area contributed by atoms with Gasteiger partial charge >= 0.3 is 5.97 Å². The fourth-order valence-electron chi connectivity index (χ4n) is 2.18. The summed E-state index contributed by atoms with van der Waals surface area (Å²) in [5, 5.41) is 12.0. The molecule has 0 spiro atoms. The summed E-state index contributed by atoms with van der Waals surface area (Å²) in [5.41, 5.74) is 0. The van der Waals surface area contributed by atoms with Crippen LogP contribution in [0.1, 0.15) is 32.6 Å². The first-order chi connectivity index (χ1) is 6.24. The maximum Gasteiger partial charge on any atom is 0.303 e. The van der Waals surface area contributed by atoms with Crippen LogP contribution >= 0.6 is 0 Å². The Labute approximate surface area is 79.5 Å². The summed E-state index contributed by atoms with van der Waals surface area (Å²) < 4.78 is 0. The molecule has 13 heavy (non-hydrogen) atoms. The molecule has 1 saturated heterocycles. The largest absolute Gasteiger partial charge is 0.481 e. The number of nitrogens with one attached hydrogen (secondary N) is 1. The lowest BCUT2D eigenvalue weighted by Crippen LogP contribution is -2.32. The van der Waals surface area contributed by atoms with Crippen LogP contribution in [0.2, 0.25) is 0 Å². The lowest BCUT2D eigenvalue weighted by atomic mass is 9.81. The fourth-order valence-corrected chi connectivity index (χ4v) is 2.18. The Morgan fingerprint density at radius 1 is 1.54 bits per heavy atom. The van der Waals surface area contributed by atoms with Gasteiger partial charge in [-0.05, 0) is 37.8 Å². The van der Waals surface area contributed by atoms with Crippen LogP contribution in [0, 0.1) is 11.8 Å². The van der Waals surface area contributed by atoms with E-state index in [2.05, 4.69) is 12.2 Å². The topological polar surface area (TPSA) is 49.3 Å². The average Bonchev–Trinajstić information content (AvgIpc) is 2.15. The van der Waals surface area contributed by atoms with E-state index in [-0.39, 0.29) is 0 Å². The summed E-state index contributed by atoms with van der Waals surface area (Å²) in [5.74, 6) is 0.368. The molecule has 0 aliphatic carbocycles. The normalized spacial score (nSPS) is 21.3. The zero-order valence-electron chi connectivity index (χ0n) is 8.25. The molecule has 1 atom stereocenters. The van der Waals surface area contributed by atoms with Gasteiger partial charge in [-0.2, -0.15) is 0 Å². The van der Waals surface area contributed by atoms with Gasteiger partial charge < -0.3 is 10.4 Å². The predicted octanol–water partition coefficient (Wildman–Crippen LogP) is 1.49. The quantitative estimate of drug-likeness (QED) is 0.697. The molecule has 1 heterocycles. The van der Waals surface area contributed by atoms with Crippen LogP contribution in [-0.2, 0) is 4.79 Å². The van der Waals surface area contributed by atoms with Crippen LogP contribution in [0.25, 0.3) is 0 Å². The van der Waals surface area contributed by atoms with Crippen molar-refractivity contribution in [2.24, 2.45) is 11.8 Å². The van der Waals surface area contributed by atoms with Gasteiger partial charge in [0.15, 0.2) is 0 Å². The zero-order chi connectivity index (χ0) is 9.68. The van der Waals surface area contributed by atoms with Crippen molar-refractivity contribution in [1.29, 1.82) is 0 Å². The van der Waals surface area contributed by atoms with Gasteiger partial charge in [0, 0.05) is 6.42 Å². The Bertz CT molecular complexity index is 164. The molecule has 0 amide bonds. The molecule has 3 nitrogen and oxygen atoms in total. The molecule has 0 aromatic heterocycles. The lowest BCUT2D eigenvalue weighted by Gasteiger charge is -2.29. The molecule has 0 aromatic carbocycles. The Balaban J connectivity index is 2.39. The fraction of sp³-hybridized carbons (Fsp3) is 0.900. The standard InChI is InChI=1S/C10H19NO2/c1-2-8(7-10(12)13)9-3-5-11-6-4-9/h8-9,11H,2-7H2,1H3,(H,12,13)/t8-/m0/s1. The third-order valence-electron chi connectivity index (χ3n) is 3.01. The van der Waals surface area contributed by atoms with Crippen molar-refractivity contribution in [1.82, 2.24) is 5.32 Å². The van der Waals surface area contributed by atoms with Gasteiger partial charge in [-0.15, -0.1) is 0 Å².